The number of hydrogen-bond acceptors (Lipinski definition) is 3. The van der Waals surface area contributed by atoms with Gasteiger partial charge < -0.3 is 5.32 Å². The van der Waals surface area contributed by atoms with E-state index in [1.54, 1.807) is 12.4 Å². The third-order valence-corrected chi connectivity index (χ3v) is 4.75. The predicted molar refractivity (Wildman–Crippen MR) is 117 cm³/mol. The van der Waals surface area contributed by atoms with Crippen molar-refractivity contribution in [2.45, 2.75) is 26.2 Å². The van der Waals surface area contributed by atoms with Crippen LogP contribution in [0.3, 0.4) is 0 Å². The molecular weight excluding hydrogens is 460 g/mol. The number of halogens is 6. The van der Waals surface area contributed by atoms with Crippen LogP contribution < -0.4 is 5.32 Å². The quantitative estimate of drug-likeness (QED) is 0.256. The zero-order valence-corrected chi connectivity index (χ0v) is 18.0. The first-order valence-electron chi connectivity index (χ1n) is 9.95. The van der Waals surface area contributed by atoms with Gasteiger partial charge in [-0.05, 0) is 47.4 Å². The zero-order chi connectivity index (χ0) is 25.1. The normalized spacial score (nSPS) is 13.1. The molecule has 0 aliphatic rings. The van der Waals surface area contributed by atoms with Crippen LogP contribution in [0.2, 0.25) is 0 Å². The zero-order valence-electron chi connectivity index (χ0n) is 18.0. The number of pyridine rings is 2. The molecule has 5 nitrogen and oxygen atoms in total. The monoisotopic (exact) mass is 479 g/mol. The molecule has 0 fully saturated rings. The average Bonchev–Trinajstić information content (AvgIpc) is 2.76. The molecule has 2 aromatic heterocycles. The molecule has 178 valence electrons. The van der Waals surface area contributed by atoms with E-state index in [-0.39, 0.29) is 5.92 Å². The summed E-state index contributed by atoms with van der Waals surface area (Å²) >= 11 is 0. The van der Waals surface area contributed by atoms with Gasteiger partial charge in [0.2, 0.25) is 0 Å². The third-order valence-electron chi connectivity index (χ3n) is 4.75. The lowest BCUT2D eigenvalue weighted by atomic mass is 9.95. The summed E-state index contributed by atoms with van der Waals surface area (Å²) in [5.41, 5.74) is -1.58. The summed E-state index contributed by atoms with van der Waals surface area (Å²) < 4.78 is 77.8. The molecule has 0 amide bonds. The van der Waals surface area contributed by atoms with E-state index >= 15 is 0 Å². The Bertz CT molecular complexity index is 1230. The molecule has 0 spiro atoms. The van der Waals surface area contributed by atoms with Gasteiger partial charge in [0.05, 0.1) is 11.9 Å². The Morgan fingerprint density at radius 2 is 1.62 bits per heavy atom. The second-order valence-electron chi connectivity index (χ2n) is 7.56. The summed E-state index contributed by atoms with van der Waals surface area (Å²) in [5, 5.41) is 11.5. The van der Waals surface area contributed by atoms with E-state index in [2.05, 4.69) is 20.3 Å². The van der Waals surface area contributed by atoms with E-state index in [0.717, 1.165) is 28.4 Å². The van der Waals surface area contributed by atoms with Gasteiger partial charge in [0.15, 0.2) is 5.84 Å². The van der Waals surface area contributed by atoms with Gasteiger partial charge in [0, 0.05) is 23.3 Å². The van der Waals surface area contributed by atoms with Crippen molar-refractivity contribution in [3.63, 3.8) is 0 Å². The molecule has 0 aliphatic heterocycles. The van der Waals surface area contributed by atoms with Gasteiger partial charge in [-0.3, -0.25) is 10.4 Å². The van der Waals surface area contributed by atoms with Crippen LogP contribution >= 0.6 is 0 Å². The molecule has 34 heavy (non-hydrogen) atoms. The Morgan fingerprint density at radius 3 is 2.21 bits per heavy atom. The number of aromatic nitrogens is 2. The van der Waals surface area contributed by atoms with Crippen molar-refractivity contribution in [1.29, 1.82) is 5.41 Å². The minimum atomic E-state index is -5.11. The molecule has 1 aromatic carbocycles. The Kier molecular flexibility index (Phi) is 7.04. The average molecular weight is 479 g/mol. The number of benzene rings is 1. The lowest BCUT2D eigenvalue weighted by Crippen LogP contribution is -2.17. The second kappa shape index (κ2) is 9.62. The number of amidine groups is 1. The maximum atomic E-state index is 13.0. The van der Waals surface area contributed by atoms with Gasteiger partial charge in [0.25, 0.3) is 0 Å². The lowest BCUT2D eigenvalue weighted by molar-refractivity contribution is -0.150. The highest BCUT2D eigenvalue weighted by Gasteiger charge is 2.39. The molecule has 11 heteroatoms. The molecule has 0 saturated carbocycles. The van der Waals surface area contributed by atoms with Gasteiger partial charge in [-0.25, -0.2) is 9.98 Å². The third kappa shape index (κ3) is 5.97. The van der Waals surface area contributed by atoms with Crippen molar-refractivity contribution in [2.24, 2.45) is 10.9 Å². The molecule has 2 heterocycles. The van der Waals surface area contributed by atoms with Crippen molar-refractivity contribution in [3.05, 3.63) is 77.4 Å². The van der Waals surface area contributed by atoms with Crippen LogP contribution in [-0.4, -0.2) is 22.1 Å². The van der Waals surface area contributed by atoms with Crippen LogP contribution in [0.15, 0.2) is 59.9 Å². The SMILES string of the molecule is CC(C)/C(=C/N/C=N\C(=N)c1cc(C(F)(F)F)nc(C(F)(F)F)c1)c1ccc2ncccc2c1. The van der Waals surface area contributed by atoms with Gasteiger partial charge in [-0.2, -0.15) is 26.3 Å². The molecule has 0 unspecified atom stereocenters. The van der Waals surface area contributed by atoms with Crippen molar-refractivity contribution in [2.75, 3.05) is 0 Å². The van der Waals surface area contributed by atoms with Crippen LogP contribution in [0, 0.1) is 11.3 Å². The summed E-state index contributed by atoms with van der Waals surface area (Å²) in [5.74, 6) is -0.722. The molecule has 0 radical (unpaired) electrons. The maximum Gasteiger partial charge on any atom is 0.433 e. The van der Waals surface area contributed by atoms with Crippen molar-refractivity contribution in [1.82, 2.24) is 15.3 Å². The molecule has 3 aromatic rings. The van der Waals surface area contributed by atoms with E-state index in [4.69, 9.17) is 5.41 Å². The predicted octanol–water partition coefficient (Wildman–Crippen LogP) is 6.31. The summed E-state index contributed by atoms with van der Waals surface area (Å²) in [4.78, 5) is 10.5. The maximum absolute atomic E-state index is 13.0. The van der Waals surface area contributed by atoms with Gasteiger partial charge in [0.1, 0.15) is 11.4 Å². The number of nitrogens with one attached hydrogen (secondary N) is 2. The highest BCUT2D eigenvalue weighted by Crippen LogP contribution is 2.34. The molecule has 0 atom stereocenters. The van der Waals surface area contributed by atoms with Crippen molar-refractivity contribution < 1.29 is 26.3 Å². The number of nitrogens with zero attached hydrogens (tertiary/aromatic N) is 3. The first-order valence-corrected chi connectivity index (χ1v) is 9.95. The van der Waals surface area contributed by atoms with Crippen LogP contribution in [0.4, 0.5) is 26.3 Å². The van der Waals surface area contributed by atoms with E-state index in [1.807, 2.05) is 44.2 Å². The Balaban J connectivity index is 1.83. The fourth-order valence-corrected chi connectivity index (χ4v) is 3.10. The topological polar surface area (TPSA) is 74.0 Å². The number of fused-ring (bicyclic) bond motifs is 1. The van der Waals surface area contributed by atoms with Gasteiger partial charge >= 0.3 is 12.4 Å². The summed E-state index contributed by atoms with van der Waals surface area (Å²) in [6.45, 7) is 3.91. The number of allylic oxidation sites excluding steroid dienone is 1. The van der Waals surface area contributed by atoms with E-state index in [9.17, 15) is 26.3 Å². The highest BCUT2D eigenvalue weighted by atomic mass is 19.4. The minimum Gasteiger partial charge on any atom is -0.352 e. The number of aliphatic imine (C=N–C) groups is 1. The van der Waals surface area contributed by atoms with Crippen LogP contribution in [-0.2, 0) is 12.4 Å². The van der Waals surface area contributed by atoms with Gasteiger partial charge in [-0.1, -0.05) is 26.0 Å². The Morgan fingerprint density at radius 1 is 0.971 bits per heavy atom. The molecule has 0 bridgehead atoms. The minimum absolute atomic E-state index is 0.0679. The molecule has 2 N–H and O–H groups in total. The number of rotatable bonds is 5. The summed E-state index contributed by atoms with van der Waals surface area (Å²) in [6, 6.07) is 10.1. The number of alkyl halides is 6. The van der Waals surface area contributed by atoms with Crippen molar-refractivity contribution in [3.8, 4) is 0 Å². The first-order chi connectivity index (χ1) is 15.9. The van der Waals surface area contributed by atoms with Crippen LogP contribution in [0.5, 0.6) is 0 Å². The largest absolute Gasteiger partial charge is 0.433 e. The lowest BCUT2D eigenvalue weighted by Gasteiger charge is -2.13. The molecule has 3 rings (SSSR count). The smallest absolute Gasteiger partial charge is 0.352 e. The fourth-order valence-electron chi connectivity index (χ4n) is 3.10. The van der Waals surface area contributed by atoms with Gasteiger partial charge in [-0.15, -0.1) is 0 Å². The summed E-state index contributed by atoms with van der Waals surface area (Å²) in [7, 11) is 0. The first kappa shape index (κ1) is 24.9. The van der Waals surface area contributed by atoms with Crippen LogP contribution in [0.1, 0.15) is 36.4 Å². The summed E-state index contributed by atoms with van der Waals surface area (Å²) in [6.07, 6.45) is -5.90. The standard InChI is InChI=1S/C23H19F6N5/c1-13(2)17(14-5-6-18-15(8-14)4-3-7-32-18)11-31-12-33-21(30)16-9-19(22(24,25)26)34-20(10-16)23(27,28)29/h3-13H,1-2H3,(H2,30,31,33)/b17-11-. The van der Waals surface area contributed by atoms with E-state index < -0.39 is 35.1 Å². The van der Waals surface area contributed by atoms with Crippen molar-refractivity contribution >= 4 is 28.7 Å². The Labute approximate surface area is 190 Å². The fraction of sp³-hybridized carbons (Fsp3) is 0.217. The molecule has 0 aliphatic carbocycles. The number of hydrogen-bond donors (Lipinski definition) is 2. The van der Waals surface area contributed by atoms with E-state index in [0.29, 0.717) is 12.1 Å². The molecular formula is C23H19F6N5. The molecule has 0 saturated heterocycles. The Hall–Kier alpha value is -3.76. The van der Waals surface area contributed by atoms with Crippen LogP contribution in [0.25, 0.3) is 16.5 Å². The highest BCUT2D eigenvalue weighted by molar-refractivity contribution is 6.01. The second-order valence-corrected chi connectivity index (χ2v) is 7.56. The van der Waals surface area contributed by atoms with E-state index in [1.165, 1.54) is 0 Å².